The average molecular weight is 540 g/mol. The highest BCUT2D eigenvalue weighted by atomic mass is 28.3. The number of hydrogen-bond acceptors (Lipinski definition) is 4. The van der Waals surface area contributed by atoms with Crippen molar-refractivity contribution in [1.82, 2.24) is 0 Å². The van der Waals surface area contributed by atoms with Crippen molar-refractivity contribution < 1.29 is 18.6 Å². The maximum Gasteiger partial charge on any atom is 0.490 e. The van der Waals surface area contributed by atoms with Crippen LogP contribution in [0.15, 0.2) is 82.8 Å². The number of hydrogen-bond donors (Lipinski definition) is 0. The zero-order chi connectivity index (χ0) is 27.8. The van der Waals surface area contributed by atoms with E-state index in [2.05, 4.69) is 116 Å². The van der Waals surface area contributed by atoms with Crippen LogP contribution >= 0.6 is 0 Å². The van der Waals surface area contributed by atoms with Crippen LogP contribution in [-0.4, -0.2) is 44.7 Å². The second-order valence-corrected chi connectivity index (χ2v) is 17.9. The summed E-state index contributed by atoms with van der Waals surface area (Å²) in [6.07, 6.45) is 1.81. The van der Waals surface area contributed by atoms with Gasteiger partial charge in [0.1, 0.15) is 8.07 Å². The standard InChI is InChI=1S/C32H42B2O4Si/c1-29(2)30(3,4)36-33(35-29)27-19-20-28(34-37-31(5,6)32(7,8)38-34)26-22-39(21-25(26)27,23-15-11-9-12-16-23)24-17-13-10-14-18-24/h9-18H,19-22H2,1-8H3. The van der Waals surface area contributed by atoms with E-state index in [1.807, 2.05) is 0 Å². The van der Waals surface area contributed by atoms with Crippen LogP contribution in [0.4, 0.5) is 0 Å². The van der Waals surface area contributed by atoms with Gasteiger partial charge in [0.05, 0.1) is 22.4 Å². The molecule has 4 nitrogen and oxygen atoms in total. The van der Waals surface area contributed by atoms with Crippen molar-refractivity contribution in [3.8, 4) is 0 Å². The molecular formula is C32H42B2O4Si. The van der Waals surface area contributed by atoms with Gasteiger partial charge >= 0.3 is 14.2 Å². The Morgan fingerprint density at radius 3 is 1.13 bits per heavy atom. The molecule has 0 aromatic heterocycles. The third-order valence-corrected chi connectivity index (χ3v) is 15.3. The van der Waals surface area contributed by atoms with Crippen molar-refractivity contribution in [3.63, 3.8) is 0 Å². The van der Waals surface area contributed by atoms with E-state index in [0.717, 1.165) is 24.9 Å². The number of benzene rings is 2. The Labute approximate surface area is 236 Å². The lowest BCUT2D eigenvalue weighted by Crippen LogP contribution is -2.56. The minimum absolute atomic E-state index is 0.323. The molecule has 2 aromatic rings. The van der Waals surface area contributed by atoms with Crippen molar-refractivity contribution in [2.45, 2.75) is 103 Å². The van der Waals surface area contributed by atoms with Gasteiger partial charge in [0.25, 0.3) is 0 Å². The van der Waals surface area contributed by atoms with Crippen LogP contribution in [0.25, 0.3) is 0 Å². The normalized spacial score (nSPS) is 26.4. The van der Waals surface area contributed by atoms with Crippen LogP contribution in [0, 0.1) is 0 Å². The molecule has 0 radical (unpaired) electrons. The van der Waals surface area contributed by atoms with Crippen LogP contribution in [0.5, 0.6) is 0 Å². The maximum atomic E-state index is 6.67. The number of allylic oxidation sites excluding steroid dienone is 4. The molecule has 3 fully saturated rings. The predicted molar refractivity (Wildman–Crippen MR) is 163 cm³/mol. The summed E-state index contributed by atoms with van der Waals surface area (Å²) in [5.74, 6) is 0. The molecule has 0 bridgehead atoms. The first-order valence-electron chi connectivity index (χ1n) is 14.5. The van der Waals surface area contributed by atoms with Gasteiger partial charge in [0.2, 0.25) is 0 Å². The van der Waals surface area contributed by atoms with Crippen molar-refractivity contribution >= 4 is 32.7 Å². The molecule has 204 valence electrons. The summed E-state index contributed by atoms with van der Waals surface area (Å²) >= 11 is 0. The van der Waals surface area contributed by atoms with Crippen molar-refractivity contribution in [2.24, 2.45) is 0 Å². The topological polar surface area (TPSA) is 36.9 Å². The van der Waals surface area contributed by atoms with Crippen molar-refractivity contribution in [2.75, 3.05) is 0 Å². The maximum absolute atomic E-state index is 6.67. The molecular weight excluding hydrogens is 498 g/mol. The smallest absolute Gasteiger partial charge is 0.400 e. The highest BCUT2D eigenvalue weighted by molar-refractivity contribution is 7.04. The molecule has 3 heterocycles. The molecule has 0 saturated carbocycles. The summed E-state index contributed by atoms with van der Waals surface area (Å²) in [6, 6.07) is 24.5. The lowest BCUT2D eigenvalue weighted by atomic mass is 9.62. The van der Waals surface area contributed by atoms with E-state index in [1.165, 1.54) is 32.5 Å². The van der Waals surface area contributed by atoms with Gasteiger partial charge in [0, 0.05) is 0 Å². The van der Waals surface area contributed by atoms with Gasteiger partial charge in [-0.15, -0.1) is 0 Å². The summed E-state index contributed by atoms with van der Waals surface area (Å²) in [6.45, 7) is 17.2. The molecule has 7 heteroatoms. The quantitative estimate of drug-likeness (QED) is 0.452. The molecule has 0 spiro atoms. The Morgan fingerprint density at radius 1 is 0.513 bits per heavy atom. The van der Waals surface area contributed by atoms with Crippen LogP contribution in [-0.2, 0) is 18.6 Å². The van der Waals surface area contributed by atoms with Crippen LogP contribution in [0.1, 0.15) is 68.2 Å². The van der Waals surface area contributed by atoms with E-state index in [9.17, 15) is 0 Å². The Hall–Kier alpha value is -1.89. The minimum atomic E-state index is -2.18. The molecule has 6 rings (SSSR count). The Bertz CT molecular complexity index is 1190. The summed E-state index contributed by atoms with van der Waals surface area (Å²) < 4.78 is 26.7. The molecule has 0 unspecified atom stereocenters. The van der Waals surface area contributed by atoms with Gasteiger partial charge in [-0.1, -0.05) is 82.2 Å². The fraction of sp³-hybridized carbons (Fsp3) is 0.500. The summed E-state index contributed by atoms with van der Waals surface area (Å²) in [5.41, 5.74) is 4.04. The first-order valence-corrected chi connectivity index (χ1v) is 16.9. The zero-order valence-electron chi connectivity index (χ0n) is 24.9. The summed E-state index contributed by atoms with van der Waals surface area (Å²) in [4.78, 5) is 0. The average Bonchev–Trinajstić information content (AvgIpc) is 3.46. The van der Waals surface area contributed by atoms with E-state index in [-0.39, 0.29) is 36.6 Å². The Morgan fingerprint density at radius 2 is 0.821 bits per heavy atom. The first kappa shape index (κ1) is 27.3. The fourth-order valence-corrected chi connectivity index (χ4v) is 11.7. The molecule has 2 aromatic carbocycles. The van der Waals surface area contributed by atoms with E-state index in [0.29, 0.717) is 0 Å². The SMILES string of the molecule is CC1(C)OB(C2=C3C[Si](c4ccccc4)(c4ccccc4)CC3=C(B3OC(C)(C)C(C)(C)O3)CC2)OC1(C)C. The highest BCUT2D eigenvalue weighted by Gasteiger charge is 2.58. The molecule has 0 amide bonds. The van der Waals surface area contributed by atoms with Gasteiger partial charge in [-0.2, -0.15) is 0 Å². The predicted octanol–water partition coefficient (Wildman–Crippen LogP) is 5.91. The molecule has 3 saturated heterocycles. The Balaban J connectivity index is 1.53. The lowest BCUT2D eigenvalue weighted by Gasteiger charge is -2.32. The summed E-state index contributed by atoms with van der Waals surface area (Å²) in [7, 11) is -2.82. The van der Waals surface area contributed by atoms with E-state index in [4.69, 9.17) is 18.6 Å². The third kappa shape index (κ3) is 4.28. The highest BCUT2D eigenvalue weighted by Crippen LogP contribution is 2.51. The number of rotatable bonds is 4. The Kier molecular flexibility index (Phi) is 6.33. The molecule has 0 N–H and O–H groups in total. The zero-order valence-corrected chi connectivity index (χ0v) is 25.9. The molecule has 0 atom stereocenters. The second kappa shape index (κ2) is 9.05. The molecule has 39 heavy (non-hydrogen) atoms. The third-order valence-electron chi connectivity index (χ3n) is 10.5. The van der Waals surface area contributed by atoms with Crippen molar-refractivity contribution in [1.29, 1.82) is 0 Å². The van der Waals surface area contributed by atoms with Crippen LogP contribution < -0.4 is 10.4 Å². The lowest BCUT2D eigenvalue weighted by molar-refractivity contribution is 0.00578. The van der Waals surface area contributed by atoms with E-state index < -0.39 is 8.07 Å². The van der Waals surface area contributed by atoms with E-state index in [1.54, 1.807) is 0 Å². The summed E-state index contributed by atoms with van der Waals surface area (Å²) in [5, 5.41) is 2.96. The van der Waals surface area contributed by atoms with Gasteiger partial charge in [-0.05, 0) is 91.3 Å². The van der Waals surface area contributed by atoms with Crippen LogP contribution in [0.3, 0.4) is 0 Å². The first-order chi connectivity index (χ1) is 18.3. The van der Waals surface area contributed by atoms with Gasteiger partial charge in [-0.25, -0.2) is 0 Å². The minimum Gasteiger partial charge on any atom is -0.400 e. The van der Waals surface area contributed by atoms with Crippen LogP contribution in [0.2, 0.25) is 12.1 Å². The molecule has 1 aliphatic carbocycles. The van der Waals surface area contributed by atoms with Gasteiger partial charge in [-0.3, -0.25) is 0 Å². The molecule has 4 aliphatic rings. The van der Waals surface area contributed by atoms with Gasteiger partial charge in [0.15, 0.2) is 0 Å². The number of fused-ring (bicyclic) bond motifs is 1. The largest absolute Gasteiger partial charge is 0.490 e. The molecule has 3 aliphatic heterocycles. The van der Waals surface area contributed by atoms with Gasteiger partial charge < -0.3 is 18.6 Å². The fourth-order valence-electron chi connectivity index (χ4n) is 6.65. The monoisotopic (exact) mass is 540 g/mol. The second-order valence-electron chi connectivity index (χ2n) is 13.9. The van der Waals surface area contributed by atoms with E-state index >= 15 is 0 Å². The van der Waals surface area contributed by atoms with Crippen molar-refractivity contribution in [3.05, 3.63) is 82.8 Å².